The Bertz CT molecular complexity index is 2090. The van der Waals surface area contributed by atoms with Crippen molar-refractivity contribution in [3.8, 4) is 39.4 Å². The van der Waals surface area contributed by atoms with Crippen molar-refractivity contribution < 1.29 is 4.74 Å². The second kappa shape index (κ2) is 7.75. The monoisotopic (exact) mass is 495 g/mol. The zero-order chi connectivity index (χ0) is 25.5. The minimum Gasteiger partial charge on any atom is -0.458 e. The van der Waals surface area contributed by atoms with Crippen LogP contribution in [-0.2, 0) is 0 Å². The van der Waals surface area contributed by atoms with Crippen molar-refractivity contribution in [3.05, 3.63) is 133 Å². The first-order chi connectivity index (χ1) is 19.4. The molecule has 0 saturated heterocycles. The molecule has 6 aromatic carbocycles. The van der Waals surface area contributed by atoms with Crippen LogP contribution in [0.4, 0.5) is 0 Å². The first kappa shape index (κ1) is 21.0. The van der Waals surface area contributed by atoms with E-state index in [1.807, 2.05) is 0 Å². The van der Waals surface area contributed by atoms with Gasteiger partial charge in [0.1, 0.15) is 11.5 Å². The Labute approximate surface area is 226 Å². The summed E-state index contributed by atoms with van der Waals surface area (Å²) in [5.41, 5.74) is 12.3. The topological polar surface area (TPSA) is 14.2 Å². The maximum Gasteiger partial charge on any atom is 0.256 e. The van der Waals surface area contributed by atoms with Gasteiger partial charge in [-0.25, -0.2) is 0 Å². The van der Waals surface area contributed by atoms with E-state index < -0.39 is 0 Å². The zero-order valence-electron chi connectivity index (χ0n) is 21.1. The fraction of sp³-hybridized carbons (Fsp3) is 0. The molecule has 0 aliphatic carbocycles. The van der Waals surface area contributed by atoms with Crippen molar-refractivity contribution in [1.82, 2.24) is 4.57 Å². The van der Waals surface area contributed by atoms with Gasteiger partial charge in [-0.2, -0.15) is 0 Å². The molecule has 3 heterocycles. The van der Waals surface area contributed by atoms with Crippen molar-refractivity contribution >= 4 is 44.9 Å². The summed E-state index contributed by atoms with van der Waals surface area (Å²) in [5.74, 6) is 1.91. The fourth-order valence-corrected chi connectivity index (χ4v) is 6.80. The van der Waals surface area contributed by atoms with Crippen LogP contribution in [0.5, 0.6) is 11.5 Å². The van der Waals surface area contributed by atoms with Crippen molar-refractivity contribution in [2.45, 2.75) is 0 Å². The Morgan fingerprint density at radius 2 is 1.23 bits per heavy atom. The Hall–Kier alpha value is -5.02. The van der Waals surface area contributed by atoms with E-state index in [1.165, 1.54) is 60.6 Å². The molecule has 0 amide bonds. The fourth-order valence-electron chi connectivity index (χ4n) is 6.80. The van der Waals surface area contributed by atoms with Crippen LogP contribution in [0.25, 0.3) is 49.7 Å². The zero-order valence-corrected chi connectivity index (χ0v) is 21.1. The van der Waals surface area contributed by atoms with Crippen LogP contribution < -0.4 is 21.1 Å². The van der Waals surface area contributed by atoms with E-state index in [4.69, 9.17) is 4.74 Å². The number of hydrogen-bond donors (Lipinski definition) is 0. The first-order valence-electron chi connectivity index (χ1n) is 13.5. The SMILES string of the molecule is c1ccc(-c2ccc3c(c2)c2cc(-c4ccccc4)c4c5c2n3-c2ccccc2B5c2ccccc2O4)cc1. The summed E-state index contributed by atoms with van der Waals surface area (Å²) in [6.45, 7) is 0.109. The van der Waals surface area contributed by atoms with Crippen molar-refractivity contribution in [2.75, 3.05) is 0 Å². The molecule has 0 spiro atoms. The molecule has 7 aromatic rings. The molecule has 0 fully saturated rings. The second-order valence-electron chi connectivity index (χ2n) is 10.5. The van der Waals surface area contributed by atoms with Gasteiger partial charge in [-0.15, -0.1) is 0 Å². The highest BCUT2D eigenvalue weighted by atomic mass is 16.5. The van der Waals surface area contributed by atoms with Crippen molar-refractivity contribution in [1.29, 1.82) is 0 Å². The highest BCUT2D eigenvalue weighted by Crippen LogP contribution is 2.44. The summed E-state index contributed by atoms with van der Waals surface area (Å²) in [6, 6.07) is 48.0. The Kier molecular flexibility index (Phi) is 4.17. The second-order valence-corrected chi connectivity index (χ2v) is 10.5. The molecule has 2 aliphatic heterocycles. The van der Waals surface area contributed by atoms with Gasteiger partial charge in [0.2, 0.25) is 0 Å². The Morgan fingerprint density at radius 1 is 0.538 bits per heavy atom. The van der Waals surface area contributed by atoms with Gasteiger partial charge in [-0.05, 0) is 63.4 Å². The maximum absolute atomic E-state index is 6.82. The third-order valence-corrected chi connectivity index (χ3v) is 8.45. The standard InChI is InChI=1S/C36H22BNO/c1-3-11-23(12-4-1)25-19-20-31-27(21-25)28-22-26(24-13-5-2-6-14-24)36-34-35(28)38(31)32-17-9-7-15-29(32)37(34)30-16-8-10-18-33(30)39-36/h1-22H. The lowest BCUT2D eigenvalue weighted by Crippen LogP contribution is -2.58. The smallest absolute Gasteiger partial charge is 0.256 e. The molecule has 0 unspecified atom stereocenters. The quantitative estimate of drug-likeness (QED) is 0.235. The first-order valence-corrected chi connectivity index (χ1v) is 13.5. The largest absolute Gasteiger partial charge is 0.458 e. The van der Waals surface area contributed by atoms with Gasteiger partial charge in [0.15, 0.2) is 0 Å². The molecule has 0 N–H and O–H groups in total. The normalized spacial score (nSPS) is 12.8. The van der Waals surface area contributed by atoms with Crippen LogP contribution in [-0.4, -0.2) is 11.3 Å². The van der Waals surface area contributed by atoms with Gasteiger partial charge in [-0.1, -0.05) is 103 Å². The molecule has 2 nitrogen and oxygen atoms in total. The average molecular weight is 495 g/mol. The molecule has 0 atom stereocenters. The lowest BCUT2D eigenvalue weighted by molar-refractivity contribution is 0.489. The molecule has 1 aromatic heterocycles. The van der Waals surface area contributed by atoms with Crippen LogP contribution in [0.3, 0.4) is 0 Å². The minimum atomic E-state index is 0.109. The summed E-state index contributed by atoms with van der Waals surface area (Å²) < 4.78 is 9.29. The lowest BCUT2D eigenvalue weighted by atomic mass is 9.34. The predicted octanol–water partition coefficient (Wildman–Crippen LogP) is 7.05. The number of nitrogens with zero attached hydrogens (tertiary/aromatic N) is 1. The van der Waals surface area contributed by atoms with E-state index >= 15 is 0 Å². The van der Waals surface area contributed by atoms with Gasteiger partial charge in [0.25, 0.3) is 6.71 Å². The van der Waals surface area contributed by atoms with Gasteiger partial charge >= 0.3 is 0 Å². The highest BCUT2D eigenvalue weighted by molar-refractivity contribution is 6.99. The van der Waals surface area contributed by atoms with Gasteiger partial charge in [0, 0.05) is 22.0 Å². The van der Waals surface area contributed by atoms with E-state index in [1.54, 1.807) is 0 Å². The molecule has 0 saturated carbocycles. The van der Waals surface area contributed by atoms with E-state index in [2.05, 4.69) is 138 Å². The average Bonchev–Trinajstić information content (AvgIpc) is 3.34. The number of para-hydroxylation sites is 2. The molecular formula is C36H22BNO. The summed E-state index contributed by atoms with van der Waals surface area (Å²) in [6.07, 6.45) is 0. The van der Waals surface area contributed by atoms with Crippen LogP contribution >= 0.6 is 0 Å². The van der Waals surface area contributed by atoms with Crippen LogP contribution in [0.1, 0.15) is 0 Å². The molecule has 0 bridgehead atoms. The maximum atomic E-state index is 6.82. The van der Waals surface area contributed by atoms with E-state index in [0.717, 1.165) is 17.1 Å². The molecule has 3 heteroatoms. The summed E-state index contributed by atoms with van der Waals surface area (Å²) in [7, 11) is 0. The van der Waals surface area contributed by atoms with Gasteiger partial charge < -0.3 is 9.30 Å². The Balaban J connectivity index is 1.48. The number of ether oxygens (including phenoxy) is 1. The predicted molar refractivity (Wildman–Crippen MR) is 163 cm³/mol. The third kappa shape index (κ3) is 2.82. The summed E-state index contributed by atoms with van der Waals surface area (Å²) in [4.78, 5) is 0. The van der Waals surface area contributed by atoms with Crippen LogP contribution in [0.2, 0.25) is 0 Å². The van der Waals surface area contributed by atoms with Crippen molar-refractivity contribution in [2.24, 2.45) is 0 Å². The molecule has 2 aliphatic rings. The van der Waals surface area contributed by atoms with Crippen molar-refractivity contribution in [3.63, 3.8) is 0 Å². The molecule has 39 heavy (non-hydrogen) atoms. The summed E-state index contributed by atoms with van der Waals surface area (Å²) >= 11 is 0. The summed E-state index contributed by atoms with van der Waals surface area (Å²) in [5, 5.41) is 2.53. The van der Waals surface area contributed by atoms with E-state index in [-0.39, 0.29) is 6.71 Å². The highest BCUT2D eigenvalue weighted by Gasteiger charge is 2.41. The van der Waals surface area contributed by atoms with Crippen LogP contribution in [0.15, 0.2) is 133 Å². The molecular weight excluding hydrogens is 473 g/mol. The van der Waals surface area contributed by atoms with Crippen LogP contribution in [0, 0.1) is 0 Å². The molecule has 9 rings (SSSR count). The van der Waals surface area contributed by atoms with E-state index in [9.17, 15) is 0 Å². The number of benzene rings is 6. The number of hydrogen-bond acceptors (Lipinski definition) is 1. The van der Waals surface area contributed by atoms with E-state index in [0.29, 0.717) is 0 Å². The Morgan fingerprint density at radius 3 is 2.05 bits per heavy atom. The van der Waals surface area contributed by atoms with Gasteiger partial charge in [-0.3, -0.25) is 0 Å². The minimum absolute atomic E-state index is 0.109. The lowest BCUT2D eigenvalue weighted by Gasteiger charge is -2.34. The molecule has 180 valence electrons. The third-order valence-electron chi connectivity index (χ3n) is 8.45. The number of fused-ring (bicyclic) bond motifs is 8. The van der Waals surface area contributed by atoms with Gasteiger partial charge in [0.05, 0.1) is 11.0 Å². The number of aromatic nitrogens is 1. The number of rotatable bonds is 2. The molecule has 0 radical (unpaired) electrons.